The van der Waals surface area contributed by atoms with Gasteiger partial charge in [0, 0.05) is 23.9 Å². The van der Waals surface area contributed by atoms with Crippen LogP contribution in [0.1, 0.15) is 18.4 Å². The highest BCUT2D eigenvalue weighted by molar-refractivity contribution is 6.08. The number of nitrogens with one attached hydrogen (secondary N) is 4. The average molecular weight is 508 g/mol. The Hall–Kier alpha value is -5.17. The minimum atomic E-state index is -0.387. The minimum Gasteiger partial charge on any atom is -0.494 e. The van der Waals surface area contributed by atoms with Crippen molar-refractivity contribution in [1.29, 1.82) is 5.41 Å². The van der Waals surface area contributed by atoms with Crippen molar-refractivity contribution >= 4 is 40.3 Å². The van der Waals surface area contributed by atoms with Gasteiger partial charge in [-0.05, 0) is 67.6 Å². The van der Waals surface area contributed by atoms with Crippen LogP contribution in [0.2, 0.25) is 0 Å². The summed E-state index contributed by atoms with van der Waals surface area (Å²) in [5.74, 6) is 7.79. The zero-order valence-electron chi connectivity index (χ0n) is 20.8. The first-order valence-corrected chi connectivity index (χ1v) is 12.0. The molecular weight excluding hydrogens is 482 g/mol. The predicted octanol–water partition coefficient (Wildman–Crippen LogP) is 4.67. The van der Waals surface area contributed by atoms with E-state index in [9.17, 15) is 4.79 Å². The summed E-state index contributed by atoms with van der Waals surface area (Å²) < 4.78 is 11.7. The van der Waals surface area contributed by atoms with Gasteiger partial charge in [-0.25, -0.2) is 15.0 Å². The Morgan fingerprint density at radius 3 is 2.84 bits per heavy atom. The van der Waals surface area contributed by atoms with Crippen LogP contribution in [0.3, 0.4) is 0 Å². The number of rotatable bonds is 7. The highest BCUT2D eigenvalue weighted by Crippen LogP contribution is 2.38. The molecule has 5 rings (SSSR count). The molecule has 2 heterocycles. The molecule has 190 valence electrons. The number of carbonyl (C=O) groups excluding carboxylic acids is 1. The number of pyridine rings is 1. The van der Waals surface area contributed by atoms with Gasteiger partial charge in [0.1, 0.15) is 35.5 Å². The van der Waals surface area contributed by atoms with Gasteiger partial charge in [0.25, 0.3) is 5.91 Å². The van der Waals surface area contributed by atoms with Crippen LogP contribution in [0.5, 0.6) is 17.2 Å². The van der Waals surface area contributed by atoms with Gasteiger partial charge in [0.05, 0.1) is 23.7 Å². The number of ether oxygens (including phenoxy) is 2. The zero-order valence-corrected chi connectivity index (χ0v) is 20.8. The molecule has 10 heteroatoms. The number of hydrogen-bond acceptors (Lipinski definition) is 7. The second-order valence-electron chi connectivity index (χ2n) is 8.64. The second-order valence-corrected chi connectivity index (χ2v) is 8.64. The van der Waals surface area contributed by atoms with Crippen molar-refractivity contribution in [3.63, 3.8) is 0 Å². The molecule has 0 radical (unpaired) electrons. The summed E-state index contributed by atoms with van der Waals surface area (Å²) in [5.41, 5.74) is 3.33. The fourth-order valence-electron chi connectivity index (χ4n) is 3.82. The van der Waals surface area contributed by atoms with Crippen molar-refractivity contribution in [3.8, 4) is 29.1 Å². The number of carbonyl (C=O) groups is 1. The van der Waals surface area contributed by atoms with Crippen LogP contribution in [0.25, 0.3) is 10.9 Å². The van der Waals surface area contributed by atoms with Gasteiger partial charge in [0.15, 0.2) is 5.75 Å². The average Bonchev–Trinajstić information content (AvgIpc) is 3.74. The van der Waals surface area contributed by atoms with Crippen LogP contribution >= 0.6 is 0 Å². The summed E-state index contributed by atoms with van der Waals surface area (Å²) in [7, 11) is 1.54. The summed E-state index contributed by atoms with van der Waals surface area (Å²) in [6.07, 6.45) is 6.23. The molecule has 0 bridgehead atoms. The summed E-state index contributed by atoms with van der Waals surface area (Å²) in [4.78, 5) is 28.0. The fraction of sp³-hybridized carbons (Fsp3) is 0.179. The Morgan fingerprint density at radius 1 is 1.21 bits per heavy atom. The molecular formula is C28H25N7O3. The van der Waals surface area contributed by atoms with Crippen LogP contribution in [-0.4, -0.2) is 34.3 Å². The van der Waals surface area contributed by atoms with Crippen LogP contribution < -0.4 is 25.6 Å². The lowest BCUT2D eigenvalue weighted by atomic mass is 10.1. The monoisotopic (exact) mass is 507 g/mol. The molecule has 4 aromatic rings. The topological polar surface area (TPSA) is 137 Å². The lowest BCUT2D eigenvalue weighted by Gasteiger charge is -2.15. The molecule has 38 heavy (non-hydrogen) atoms. The van der Waals surface area contributed by atoms with Crippen molar-refractivity contribution in [2.24, 2.45) is 10.9 Å². The molecule has 2 aromatic heterocycles. The third kappa shape index (κ3) is 5.63. The highest BCUT2D eigenvalue weighted by Gasteiger charge is 2.19. The maximum Gasteiger partial charge on any atom is 0.300 e. The number of methoxy groups -OCH3 is 1. The van der Waals surface area contributed by atoms with E-state index in [0.29, 0.717) is 51.1 Å². The summed E-state index contributed by atoms with van der Waals surface area (Å²) >= 11 is 0. The Morgan fingerprint density at radius 2 is 2.08 bits per heavy atom. The van der Waals surface area contributed by atoms with Gasteiger partial charge in [-0.1, -0.05) is 5.92 Å². The van der Waals surface area contributed by atoms with Gasteiger partial charge >= 0.3 is 0 Å². The molecule has 1 aliphatic carbocycles. The molecule has 0 atom stereocenters. The van der Waals surface area contributed by atoms with Crippen molar-refractivity contribution in [2.45, 2.75) is 19.8 Å². The van der Waals surface area contributed by atoms with E-state index in [1.807, 2.05) is 25.1 Å². The summed E-state index contributed by atoms with van der Waals surface area (Å²) in [6, 6.07) is 12.7. The zero-order chi connectivity index (χ0) is 26.5. The molecule has 0 aliphatic heterocycles. The number of nitrogens with zero attached hydrogens (tertiary/aromatic N) is 3. The lowest BCUT2D eigenvalue weighted by molar-refractivity contribution is -0.111. The number of amides is 1. The highest BCUT2D eigenvalue weighted by atomic mass is 16.5. The van der Waals surface area contributed by atoms with E-state index in [-0.39, 0.29) is 5.91 Å². The maximum absolute atomic E-state index is 12.4. The molecule has 1 amide bonds. The Labute approximate surface area is 218 Å². The quantitative estimate of drug-likeness (QED) is 0.163. The molecule has 1 aliphatic rings. The van der Waals surface area contributed by atoms with Crippen LogP contribution in [0.4, 0.5) is 17.2 Å². The number of hydrogen-bond donors (Lipinski definition) is 4. The number of benzene rings is 2. The van der Waals surface area contributed by atoms with E-state index in [1.165, 1.54) is 13.4 Å². The van der Waals surface area contributed by atoms with Gasteiger partial charge in [-0.3, -0.25) is 10.2 Å². The number of aryl methyl sites for hydroxylation is 1. The van der Waals surface area contributed by atoms with Crippen molar-refractivity contribution in [1.82, 2.24) is 15.0 Å². The summed E-state index contributed by atoms with van der Waals surface area (Å²) in [5, 5.41) is 13.9. The Bertz CT molecular complexity index is 1660. The van der Waals surface area contributed by atoms with E-state index >= 15 is 0 Å². The van der Waals surface area contributed by atoms with E-state index in [1.54, 1.807) is 30.5 Å². The number of aromatic amines is 1. The largest absolute Gasteiger partial charge is 0.494 e. The number of H-pyrrole nitrogens is 1. The van der Waals surface area contributed by atoms with Gasteiger partial charge in [0.2, 0.25) is 0 Å². The van der Waals surface area contributed by atoms with Crippen LogP contribution in [0, 0.1) is 30.1 Å². The molecule has 4 N–H and O–H groups in total. The molecule has 1 saturated carbocycles. The lowest BCUT2D eigenvalue weighted by Crippen LogP contribution is -2.10. The van der Waals surface area contributed by atoms with Gasteiger partial charge in [-0.2, -0.15) is 0 Å². The molecule has 10 nitrogen and oxygen atoms in total. The van der Waals surface area contributed by atoms with E-state index in [0.717, 1.165) is 30.4 Å². The number of anilines is 3. The first-order valence-electron chi connectivity index (χ1n) is 12.0. The normalized spacial score (nSPS) is 12.8. The van der Waals surface area contributed by atoms with Gasteiger partial charge < -0.3 is 25.1 Å². The number of aromatic nitrogens is 3. The SMILES string of the molecule is COc1c(NC(=O)C#CC2CC2)ccc2ncnc(Nc3ccc(Oc4cc[nH]/c(=N\C=N)c4)c(C)c3)c12. The standard InChI is InChI=1S/C28H25N7O3/c1-17-13-19(6-9-23(17)38-20-11-12-30-24(14-20)31-15-29)34-28-26-21(32-16-33-28)7-8-22(27(26)37-2)35-25(36)10-5-18-3-4-18/h6-9,11-16,18H,3-4H2,1-2H3,(H,35,36)(H2,29,30,31)(H,32,33,34). The second kappa shape index (κ2) is 10.8. The van der Waals surface area contributed by atoms with Crippen molar-refractivity contribution < 1.29 is 14.3 Å². The third-order valence-corrected chi connectivity index (χ3v) is 5.80. The molecule has 0 saturated heterocycles. The molecule has 0 spiro atoms. The van der Waals surface area contributed by atoms with E-state index in [2.05, 4.69) is 42.4 Å². The molecule has 1 fully saturated rings. The van der Waals surface area contributed by atoms with Crippen molar-refractivity contribution in [2.75, 3.05) is 17.7 Å². The third-order valence-electron chi connectivity index (χ3n) is 5.80. The predicted molar refractivity (Wildman–Crippen MR) is 145 cm³/mol. The maximum atomic E-state index is 12.4. The van der Waals surface area contributed by atoms with Crippen LogP contribution in [-0.2, 0) is 4.79 Å². The molecule has 0 unspecified atom stereocenters. The first-order chi connectivity index (χ1) is 18.5. The Kier molecular flexibility index (Phi) is 6.99. The van der Waals surface area contributed by atoms with E-state index < -0.39 is 0 Å². The van der Waals surface area contributed by atoms with E-state index in [4.69, 9.17) is 14.9 Å². The fourth-order valence-corrected chi connectivity index (χ4v) is 3.82. The molecule has 2 aromatic carbocycles. The van der Waals surface area contributed by atoms with Gasteiger partial charge in [-0.15, -0.1) is 0 Å². The smallest absolute Gasteiger partial charge is 0.300 e. The first kappa shape index (κ1) is 24.5. The van der Waals surface area contributed by atoms with Crippen LogP contribution in [0.15, 0.2) is 60.0 Å². The summed E-state index contributed by atoms with van der Waals surface area (Å²) in [6.45, 7) is 1.94. The number of fused-ring (bicyclic) bond motifs is 1. The Balaban J connectivity index is 1.41. The van der Waals surface area contributed by atoms with Crippen molar-refractivity contribution in [3.05, 3.63) is 66.0 Å². The minimum absolute atomic E-state index is 0.329.